The summed E-state index contributed by atoms with van der Waals surface area (Å²) in [6.45, 7) is 8.70. The van der Waals surface area contributed by atoms with Gasteiger partial charge in [-0.05, 0) is 40.0 Å². The Balaban J connectivity index is 0.00000341. The van der Waals surface area contributed by atoms with Gasteiger partial charge in [-0.3, -0.25) is 0 Å². The van der Waals surface area contributed by atoms with E-state index in [1.807, 2.05) is 0 Å². The number of quaternary nitrogens is 1. The van der Waals surface area contributed by atoms with Crippen molar-refractivity contribution in [3.63, 3.8) is 0 Å². The van der Waals surface area contributed by atoms with Crippen molar-refractivity contribution < 1.29 is 52.2 Å². The molecule has 2 saturated heterocycles. The molecule has 1 saturated carbocycles. The lowest BCUT2D eigenvalue weighted by atomic mass is 9.68. The minimum Gasteiger partial charge on any atom is -1.00 e. The van der Waals surface area contributed by atoms with E-state index in [-0.39, 0.29) is 65.5 Å². The molecule has 3 rings (SSSR count). The number of carbonyl (C=O) groups is 1. The van der Waals surface area contributed by atoms with Gasteiger partial charge in [0.25, 0.3) is 0 Å². The highest BCUT2D eigenvalue weighted by Gasteiger charge is 2.72. The maximum atomic E-state index is 12.4. The molecule has 3 fully saturated rings. The van der Waals surface area contributed by atoms with Gasteiger partial charge >= 0.3 is 6.09 Å². The molecule has 0 radical (unpaired) electrons. The molecule has 31 heavy (non-hydrogen) atoms. The Morgan fingerprint density at radius 2 is 1.97 bits per heavy atom. The Kier molecular flexibility index (Phi) is 8.86. The zero-order valence-corrected chi connectivity index (χ0v) is 22.4. The quantitative estimate of drug-likeness (QED) is 0.142. The Bertz CT molecular complexity index is 657. The molecule has 0 aromatic rings. The van der Waals surface area contributed by atoms with Crippen LogP contribution in [0.5, 0.6) is 0 Å². The molecule has 1 aliphatic carbocycles. The van der Waals surface area contributed by atoms with E-state index in [4.69, 9.17) is 18.9 Å². The van der Waals surface area contributed by atoms with Crippen molar-refractivity contribution in [1.29, 1.82) is 0 Å². The van der Waals surface area contributed by atoms with Gasteiger partial charge in [-0.15, -0.1) is 0 Å². The van der Waals surface area contributed by atoms with Crippen molar-refractivity contribution in [3.8, 4) is 0 Å². The average molecular weight is 552 g/mol. The summed E-state index contributed by atoms with van der Waals surface area (Å²) in [5, 5.41) is 2.90. The van der Waals surface area contributed by atoms with Gasteiger partial charge in [-0.25, -0.2) is 4.79 Å². The van der Waals surface area contributed by atoms with E-state index in [2.05, 4.69) is 53.3 Å². The number of alkyl carbamates (subject to hydrolysis) is 1. The lowest BCUT2D eigenvalue weighted by molar-refractivity contribution is -0.870. The van der Waals surface area contributed by atoms with Crippen LogP contribution >= 0.6 is 0 Å². The van der Waals surface area contributed by atoms with Crippen LogP contribution in [-0.2, 0) is 18.9 Å². The van der Waals surface area contributed by atoms with Gasteiger partial charge in [-0.1, -0.05) is 11.6 Å². The molecule has 2 aliphatic heterocycles. The van der Waals surface area contributed by atoms with E-state index in [0.717, 1.165) is 43.3 Å². The van der Waals surface area contributed by atoms with Crippen LogP contribution in [0.4, 0.5) is 4.79 Å². The van der Waals surface area contributed by atoms with Gasteiger partial charge < -0.3 is 52.7 Å². The summed E-state index contributed by atoms with van der Waals surface area (Å²) in [5.74, 6) is 0.0512. The molecule has 1 N–H and O–H groups in total. The summed E-state index contributed by atoms with van der Waals surface area (Å²) < 4.78 is 24.8. The van der Waals surface area contributed by atoms with Crippen LogP contribution in [0.25, 0.3) is 0 Å². The second-order valence-corrected chi connectivity index (χ2v) is 10.6. The molecule has 2 heterocycles. The molecule has 8 heteroatoms. The van der Waals surface area contributed by atoms with Crippen molar-refractivity contribution in [1.82, 2.24) is 5.32 Å². The summed E-state index contributed by atoms with van der Waals surface area (Å²) in [4.78, 5) is 12.4. The van der Waals surface area contributed by atoms with Crippen LogP contribution in [0.15, 0.2) is 11.6 Å². The molecule has 7 nitrogen and oxygen atoms in total. The third kappa shape index (κ3) is 6.56. The minimum atomic E-state index is -0.363. The monoisotopic (exact) mass is 552 g/mol. The highest BCUT2D eigenvalue weighted by Crippen LogP contribution is 2.59. The van der Waals surface area contributed by atoms with Gasteiger partial charge in [0.05, 0.1) is 46.3 Å². The first kappa shape index (κ1) is 26.8. The normalized spacial score (nSPS) is 36.4. The highest BCUT2D eigenvalue weighted by atomic mass is 127. The van der Waals surface area contributed by atoms with Gasteiger partial charge in [0, 0.05) is 20.1 Å². The summed E-state index contributed by atoms with van der Waals surface area (Å²) in [7, 11) is 8.13. The third-order valence-corrected chi connectivity index (χ3v) is 6.77. The van der Waals surface area contributed by atoms with Gasteiger partial charge in [0.1, 0.15) is 23.4 Å². The molecule has 1 amide bonds. The Morgan fingerprint density at radius 3 is 2.52 bits per heavy atom. The standard InChI is InChI=1S/C23H40N2O5.HI/c1-16(2)9-10-18-22(3,30-18)20-19(27-7)17(11-12-23(20)15-28-23)29-21(26)24-13-8-14-25(4,5)6;/h9,17-20H,8,10-15H2,1-7H3;1H/t17-,18-,19-,20-,22+,23+;/m1./s1. The summed E-state index contributed by atoms with van der Waals surface area (Å²) >= 11 is 0. The van der Waals surface area contributed by atoms with Crippen LogP contribution in [-0.4, -0.2) is 88.0 Å². The van der Waals surface area contributed by atoms with E-state index in [9.17, 15) is 4.79 Å². The van der Waals surface area contributed by atoms with Crippen molar-refractivity contribution >= 4 is 6.09 Å². The van der Waals surface area contributed by atoms with Crippen LogP contribution in [0.1, 0.15) is 46.5 Å². The second-order valence-electron chi connectivity index (χ2n) is 10.6. The second kappa shape index (κ2) is 10.2. The molecule has 0 aromatic carbocycles. The lowest BCUT2D eigenvalue weighted by Crippen LogP contribution is -3.00. The summed E-state index contributed by atoms with van der Waals surface area (Å²) in [5.41, 5.74) is 0.780. The number of methoxy groups -OCH3 is 1. The number of allylic oxidation sites excluding steroid dienone is 1. The Hall–Kier alpha value is -0.420. The van der Waals surface area contributed by atoms with Crippen molar-refractivity contribution in [2.75, 3.05) is 47.9 Å². The number of nitrogens with one attached hydrogen (secondary N) is 1. The fourth-order valence-electron chi connectivity index (χ4n) is 4.99. The van der Waals surface area contributed by atoms with Crippen LogP contribution < -0.4 is 29.3 Å². The first-order valence-electron chi connectivity index (χ1n) is 11.2. The van der Waals surface area contributed by atoms with E-state index in [1.54, 1.807) is 7.11 Å². The third-order valence-electron chi connectivity index (χ3n) is 6.77. The zero-order chi connectivity index (χ0) is 22.2. The van der Waals surface area contributed by atoms with Crippen LogP contribution in [0.2, 0.25) is 0 Å². The average Bonchev–Trinajstić information content (AvgIpc) is 3.55. The summed E-state index contributed by atoms with van der Waals surface area (Å²) in [6.07, 6.45) is 4.89. The van der Waals surface area contributed by atoms with Crippen molar-refractivity contribution in [2.45, 2.75) is 76.0 Å². The maximum absolute atomic E-state index is 12.4. The van der Waals surface area contributed by atoms with E-state index < -0.39 is 0 Å². The number of rotatable bonds is 9. The number of carbonyl (C=O) groups excluding carboxylic acids is 1. The molecule has 0 aromatic heterocycles. The van der Waals surface area contributed by atoms with E-state index >= 15 is 0 Å². The predicted octanol–water partition coefficient (Wildman–Crippen LogP) is -0.111. The summed E-state index contributed by atoms with van der Waals surface area (Å²) in [6, 6.07) is 0. The molecule has 3 aliphatic rings. The zero-order valence-electron chi connectivity index (χ0n) is 20.2. The highest BCUT2D eigenvalue weighted by molar-refractivity contribution is 5.67. The number of halogens is 1. The van der Waals surface area contributed by atoms with Crippen molar-refractivity contribution in [2.24, 2.45) is 5.92 Å². The topological polar surface area (TPSA) is 72.6 Å². The number of hydrogen-bond acceptors (Lipinski definition) is 5. The molecule has 0 unspecified atom stereocenters. The maximum Gasteiger partial charge on any atom is 0.407 e. The van der Waals surface area contributed by atoms with Gasteiger partial charge in [0.15, 0.2) is 0 Å². The molecule has 0 bridgehead atoms. The first-order valence-corrected chi connectivity index (χ1v) is 11.2. The van der Waals surface area contributed by atoms with Crippen LogP contribution in [0, 0.1) is 5.92 Å². The number of nitrogens with zero attached hydrogens (tertiary/aromatic N) is 1. The van der Waals surface area contributed by atoms with Crippen molar-refractivity contribution in [3.05, 3.63) is 11.6 Å². The Labute approximate surface area is 204 Å². The van der Waals surface area contributed by atoms with Gasteiger partial charge in [-0.2, -0.15) is 0 Å². The fourth-order valence-corrected chi connectivity index (χ4v) is 4.99. The largest absolute Gasteiger partial charge is 1.00 e. The minimum absolute atomic E-state index is 0. The van der Waals surface area contributed by atoms with E-state index in [1.165, 1.54) is 5.57 Å². The molecule has 180 valence electrons. The Morgan fingerprint density at radius 1 is 1.29 bits per heavy atom. The number of hydrogen-bond donors (Lipinski definition) is 1. The predicted molar refractivity (Wildman–Crippen MR) is 115 cm³/mol. The first-order chi connectivity index (χ1) is 14.0. The molecule has 6 atom stereocenters. The fraction of sp³-hybridized carbons (Fsp3) is 0.870. The van der Waals surface area contributed by atoms with Gasteiger partial charge in [0.2, 0.25) is 0 Å². The number of epoxide rings is 2. The molecular formula is C23H41IN2O5. The lowest BCUT2D eigenvalue weighted by Gasteiger charge is -2.42. The smallest absolute Gasteiger partial charge is 0.407 e. The van der Waals surface area contributed by atoms with Crippen LogP contribution in [0.3, 0.4) is 0 Å². The molecular weight excluding hydrogens is 511 g/mol. The SMILES string of the molecule is CO[C@@H]1[C@H](OC(=O)NCCC[N+](C)(C)C)CC[C@]2(CO2)[C@H]1[C@@]1(C)O[C@@H]1CC=C(C)C.[I-]. The number of ether oxygens (including phenoxy) is 4. The molecule has 1 spiro atoms. The van der Waals surface area contributed by atoms with E-state index in [0.29, 0.717) is 6.54 Å². The number of amides is 1.